The fourth-order valence-electron chi connectivity index (χ4n) is 4.04. The quantitative estimate of drug-likeness (QED) is 0.474. The number of hydrogen-bond donors (Lipinski definition) is 0. The van der Waals surface area contributed by atoms with Crippen LogP contribution in [0.4, 0.5) is 0 Å². The number of rotatable bonds is 4. The van der Waals surface area contributed by atoms with Gasteiger partial charge >= 0.3 is 0 Å². The van der Waals surface area contributed by atoms with E-state index in [2.05, 4.69) is 90.5 Å². The van der Waals surface area contributed by atoms with Crippen LogP contribution in [0.2, 0.25) is 0 Å². The van der Waals surface area contributed by atoms with Gasteiger partial charge in [-0.05, 0) is 54.7 Å². The van der Waals surface area contributed by atoms with Crippen molar-refractivity contribution in [2.45, 2.75) is 33.6 Å². The van der Waals surface area contributed by atoms with E-state index in [1.165, 1.54) is 44.8 Å². The number of aromatic nitrogens is 3. The molecule has 3 heteroatoms. The van der Waals surface area contributed by atoms with E-state index in [1.54, 1.807) is 0 Å². The molecule has 0 N–H and O–H groups in total. The lowest BCUT2D eigenvalue weighted by Crippen LogP contribution is -2.30. The van der Waals surface area contributed by atoms with E-state index in [0.717, 1.165) is 12.8 Å². The zero-order valence-electron chi connectivity index (χ0n) is 16.5. The zero-order chi connectivity index (χ0) is 19.0. The van der Waals surface area contributed by atoms with Crippen LogP contribution in [-0.2, 0) is 19.9 Å². The van der Waals surface area contributed by atoms with E-state index in [4.69, 9.17) is 0 Å². The van der Waals surface area contributed by atoms with Gasteiger partial charge in [-0.3, -0.25) is 4.98 Å². The monoisotopic (exact) mass is 356 g/mol. The average Bonchev–Trinajstić information content (AvgIpc) is 3.00. The number of para-hydroxylation sites is 3. The second-order valence-corrected chi connectivity index (χ2v) is 7.03. The standard InChI is InChI=1S/C24H26N3/c1-5-18-10-9-11-19(6-2)23(18)27-22-13-8-7-12-21(22)26(4)24(27)20-16-25-15-14-17(20)3/h7-16H,5-6H2,1-4H3/q+1. The Balaban J connectivity index is 2.20. The highest BCUT2D eigenvalue weighted by atomic mass is 15.2. The van der Waals surface area contributed by atoms with Crippen LogP contribution in [0.3, 0.4) is 0 Å². The first-order chi connectivity index (χ1) is 13.2. The molecule has 0 radical (unpaired) electrons. The summed E-state index contributed by atoms with van der Waals surface area (Å²) in [5, 5.41) is 0. The van der Waals surface area contributed by atoms with Crippen molar-refractivity contribution in [1.29, 1.82) is 0 Å². The number of hydrogen-bond acceptors (Lipinski definition) is 1. The summed E-state index contributed by atoms with van der Waals surface area (Å²) in [5.41, 5.74) is 8.92. The minimum atomic E-state index is 1.00. The molecule has 0 saturated carbocycles. The Hall–Kier alpha value is -2.94. The minimum Gasteiger partial charge on any atom is -0.264 e. The van der Waals surface area contributed by atoms with E-state index in [9.17, 15) is 0 Å². The second-order valence-electron chi connectivity index (χ2n) is 7.03. The first kappa shape index (κ1) is 17.5. The van der Waals surface area contributed by atoms with Gasteiger partial charge in [-0.25, -0.2) is 4.57 Å². The maximum atomic E-state index is 4.43. The summed E-state index contributed by atoms with van der Waals surface area (Å²) in [6, 6.07) is 17.4. The largest absolute Gasteiger partial charge is 0.296 e. The molecular formula is C24H26N3+. The third-order valence-corrected chi connectivity index (χ3v) is 5.48. The normalized spacial score (nSPS) is 11.3. The zero-order valence-corrected chi connectivity index (χ0v) is 16.5. The van der Waals surface area contributed by atoms with E-state index in [0.29, 0.717) is 0 Å². The van der Waals surface area contributed by atoms with Crippen LogP contribution in [0.25, 0.3) is 28.1 Å². The van der Waals surface area contributed by atoms with Crippen LogP contribution in [-0.4, -0.2) is 9.55 Å². The van der Waals surface area contributed by atoms with Gasteiger partial charge < -0.3 is 0 Å². The van der Waals surface area contributed by atoms with Gasteiger partial charge in [-0.15, -0.1) is 0 Å². The molecule has 4 aromatic rings. The molecule has 2 aromatic heterocycles. The molecule has 0 aliphatic heterocycles. The van der Waals surface area contributed by atoms with Gasteiger partial charge in [0.25, 0.3) is 5.82 Å². The average molecular weight is 356 g/mol. The molecule has 0 unspecified atom stereocenters. The van der Waals surface area contributed by atoms with E-state index in [1.807, 2.05) is 12.4 Å². The molecule has 136 valence electrons. The van der Waals surface area contributed by atoms with Crippen molar-refractivity contribution >= 4 is 11.0 Å². The highest BCUT2D eigenvalue weighted by Crippen LogP contribution is 2.32. The molecule has 4 rings (SSSR count). The summed E-state index contributed by atoms with van der Waals surface area (Å²) in [5.74, 6) is 1.18. The SMILES string of the molecule is CCc1cccc(CC)c1-n1c(-c2cnccc2C)[n+](C)c2ccccc21. The Morgan fingerprint density at radius 1 is 0.926 bits per heavy atom. The summed E-state index contributed by atoms with van der Waals surface area (Å²) in [6.07, 6.45) is 5.86. The maximum absolute atomic E-state index is 4.43. The molecule has 0 aliphatic carbocycles. The number of aryl methyl sites for hydroxylation is 4. The van der Waals surface area contributed by atoms with E-state index in [-0.39, 0.29) is 0 Å². The predicted octanol–water partition coefficient (Wildman–Crippen LogP) is 4.95. The molecule has 27 heavy (non-hydrogen) atoms. The van der Waals surface area contributed by atoms with Crippen LogP contribution in [0, 0.1) is 6.92 Å². The Bertz CT molecular complexity index is 1100. The van der Waals surface area contributed by atoms with Gasteiger partial charge in [0.15, 0.2) is 11.0 Å². The lowest BCUT2D eigenvalue weighted by atomic mass is 10.0. The predicted molar refractivity (Wildman–Crippen MR) is 111 cm³/mol. The smallest absolute Gasteiger partial charge is 0.264 e. The van der Waals surface area contributed by atoms with Gasteiger partial charge in [0.2, 0.25) is 0 Å². The first-order valence-corrected chi connectivity index (χ1v) is 9.69. The third-order valence-electron chi connectivity index (χ3n) is 5.48. The Morgan fingerprint density at radius 2 is 1.63 bits per heavy atom. The van der Waals surface area contributed by atoms with Crippen LogP contribution in [0.1, 0.15) is 30.5 Å². The van der Waals surface area contributed by atoms with Crippen molar-refractivity contribution in [1.82, 2.24) is 9.55 Å². The van der Waals surface area contributed by atoms with Crippen molar-refractivity contribution in [3.05, 3.63) is 77.6 Å². The summed E-state index contributed by atoms with van der Waals surface area (Å²) in [4.78, 5) is 4.43. The van der Waals surface area contributed by atoms with Gasteiger partial charge in [-0.2, -0.15) is 4.57 Å². The van der Waals surface area contributed by atoms with Crippen LogP contribution < -0.4 is 4.57 Å². The third kappa shape index (κ3) is 2.74. The maximum Gasteiger partial charge on any atom is 0.296 e. The van der Waals surface area contributed by atoms with E-state index >= 15 is 0 Å². The summed E-state index contributed by atoms with van der Waals surface area (Å²) >= 11 is 0. The molecule has 0 atom stereocenters. The van der Waals surface area contributed by atoms with Crippen molar-refractivity contribution in [3.63, 3.8) is 0 Å². The van der Waals surface area contributed by atoms with Gasteiger partial charge in [0.05, 0.1) is 12.6 Å². The first-order valence-electron chi connectivity index (χ1n) is 9.69. The molecule has 3 nitrogen and oxygen atoms in total. The topological polar surface area (TPSA) is 21.7 Å². The van der Waals surface area contributed by atoms with Crippen LogP contribution >= 0.6 is 0 Å². The summed E-state index contributed by atoms with van der Waals surface area (Å²) < 4.78 is 4.74. The molecule has 0 bridgehead atoms. The number of pyridine rings is 1. The number of benzene rings is 2. The lowest BCUT2D eigenvalue weighted by Gasteiger charge is -2.13. The van der Waals surface area contributed by atoms with Gasteiger partial charge in [-0.1, -0.05) is 44.2 Å². The second kappa shape index (κ2) is 6.99. The van der Waals surface area contributed by atoms with Crippen LogP contribution in [0.5, 0.6) is 0 Å². The molecule has 0 amide bonds. The lowest BCUT2D eigenvalue weighted by molar-refractivity contribution is -0.633. The molecule has 2 aromatic carbocycles. The molecule has 0 saturated heterocycles. The van der Waals surface area contributed by atoms with Crippen LogP contribution in [0.15, 0.2) is 60.9 Å². The summed E-state index contributed by atoms with van der Waals surface area (Å²) in [6.45, 7) is 6.63. The minimum absolute atomic E-state index is 1.00. The molecule has 0 spiro atoms. The summed E-state index contributed by atoms with van der Waals surface area (Å²) in [7, 11) is 2.15. The van der Waals surface area contributed by atoms with Crippen molar-refractivity contribution in [3.8, 4) is 17.1 Å². The highest BCUT2D eigenvalue weighted by Gasteiger charge is 2.29. The van der Waals surface area contributed by atoms with Crippen molar-refractivity contribution in [2.75, 3.05) is 0 Å². The fraction of sp³-hybridized carbons (Fsp3) is 0.250. The molecule has 2 heterocycles. The fourth-order valence-corrected chi connectivity index (χ4v) is 4.04. The van der Waals surface area contributed by atoms with Gasteiger partial charge in [0.1, 0.15) is 5.69 Å². The van der Waals surface area contributed by atoms with Gasteiger partial charge in [0, 0.05) is 12.4 Å². The van der Waals surface area contributed by atoms with Crippen molar-refractivity contribution < 1.29 is 4.57 Å². The number of fused-ring (bicyclic) bond motifs is 1. The number of imidazole rings is 1. The molecular weight excluding hydrogens is 330 g/mol. The Labute approximate surface area is 160 Å². The van der Waals surface area contributed by atoms with E-state index < -0.39 is 0 Å². The molecule has 0 fully saturated rings. The number of nitrogens with zero attached hydrogens (tertiary/aromatic N) is 3. The Morgan fingerprint density at radius 3 is 2.30 bits per heavy atom. The Kier molecular flexibility index (Phi) is 4.53. The molecule has 0 aliphatic rings. The highest BCUT2D eigenvalue weighted by molar-refractivity contribution is 5.80. The van der Waals surface area contributed by atoms with Crippen molar-refractivity contribution in [2.24, 2.45) is 7.05 Å².